The van der Waals surface area contributed by atoms with Gasteiger partial charge in [0.1, 0.15) is 5.82 Å². The zero-order valence-electron chi connectivity index (χ0n) is 16.2. The summed E-state index contributed by atoms with van der Waals surface area (Å²) in [4.78, 5) is 20.0. The van der Waals surface area contributed by atoms with Crippen LogP contribution in [0.4, 0.5) is 0 Å². The molecule has 0 saturated carbocycles. The van der Waals surface area contributed by atoms with E-state index in [4.69, 9.17) is 4.98 Å². The number of aromatic amines is 1. The summed E-state index contributed by atoms with van der Waals surface area (Å²) in [5, 5.41) is 0. The fraction of sp³-hybridized carbons (Fsp3) is 0.318. The molecule has 5 rings (SSSR count). The third-order valence-corrected chi connectivity index (χ3v) is 5.52. The molecule has 4 aromatic rings. The van der Waals surface area contributed by atoms with E-state index in [-0.39, 0.29) is 6.04 Å². The number of hydrogen-bond donors (Lipinski definition) is 1. The maximum atomic E-state index is 4.97. The molecule has 6 nitrogen and oxygen atoms in total. The maximum absolute atomic E-state index is 4.97. The summed E-state index contributed by atoms with van der Waals surface area (Å²) in [7, 11) is 0. The molecule has 0 aliphatic carbocycles. The van der Waals surface area contributed by atoms with E-state index in [2.05, 4.69) is 68.6 Å². The molecule has 1 aromatic carbocycles. The van der Waals surface area contributed by atoms with Crippen molar-refractivity contribution in [2.24, 2.45) is 0 Å². The lowest BCUT2D eigenvalue weighted by atomic mass is 9.99. The first-order chi connectivity index (χ1) is 13.7. The summed E-state index contributed by atoms with van der Waals surface area (Å²) in [6, 6.07) is 14.9. The molecule has 142 valence electrons. The van der Waals surface area contributed by atoms with Gasteiger partial charge in [-0.3, -0.25) is 9.88 Å². The molecule has 3 aromatic heterocycles. The Hall–Kier alpha value is -2.99. The monoisotopic (exact) mass is 372 g/mol. The fourth-order valence-corrected chi connectivity index (χ4v) is 4.32. The van der Waals surface area contributed by atoms with Gasteiger partial charge in [-0.25, -0.2) is 9.97 Å². The molecule has 1 N–H and O–H groups in total. The Bertz CT molecular complexity index is 1090. The Labute approximate surface area is 164 Å². The van der Waals surface area contributed by atoms with Gasteiger partial charge in [0, 0.05) is 30.9 Å². The predicted molar refractivity (Wildman–Crippen MR) is 109 cm³/mol. The van der Waals surface area contributed by atoms with Crippen molar-refractivity contribution in [2.75, 3.05) is 6.54 Å². The average Bonchev–Trinajstić information content (AvgIpc) is 3.32. The van der Waals surface area contributed by atoms with Crippen LogP contribution in [0.15, 0.2) is 55.0 Å². The van der Waals surface area contributed by atoms with Crippen molar-refractivity contribution < 1.29 is 0 Å². The lowest BCUT2D eigenvalue weighted by Gasteiger charge is -2.34. The molecule has 0 saturated heterocycles. The van der Waals surface area contributed by atoms with E-state index in [0.29, 0.717) is 6.04 Å². The van der Waals surface area contributed by atoms with Crippen molar-refractivity contribution >= 4 is 11.0 Å². The molecule has 1 aliphatic rings. The van der Waals surface area contributed by atoms with Crippen molar-refractivity contribution in [2.45, 2.75) is 38.9 Å². The molecule has 0 radical (unpaired) electrons. The topological polar surface area (TPSA) is 62.6 Å². The zero-order chi connectivity index (χ0) is 19.1. The van der Waals surface area contributed by atoms with Gasteiger partial charge in [-0.05, 0) is 38.1 Å². The number of nitrogens with one attached hydrogen (secondary N) is 1. The van der Waals surface area contributed by atoms with E-state index in [1.165, 1.54) is 11.2 Å². The number of para-hydroxylation sites is 2. The minimum atomic E-state index is 0.0385. The van der Waals surface area contributed by atoms with E-state index >= 15 is 0 Å². The van der Waals surface area contributed by atoms with Crippen LogP contribution in [-0.4, -0.2) is 35.9 Å². The Kier molecular flexibility index (Phi) is 4.20. The first-order valence-corrected chi connectivity index (χ1v) is 9.85. The second-order valence-corrected chi connectivity index (χ2v) is 7.62. The number of benzene rings is 1. The first kappa shape index (κ1) is 17.1. The number of H-pyrrole nitrogens is 1. The highest BCUT2D eigenvalue weighted by Gasteiger charge is 2.33. The van der Waals surface area contributed by atoms with E-state index in [9.17, 15) is 0 Å². The van der Waals surface area contributed by atoms with Crippen LogP contribution in [0, 0.1) is 0 Å². The lowest BCUT2D eigenvalue weighted by Crippen LogP contribution is -2.37. The number of hydrogen-bond acceptors (Lipinski definition) is 4. The number of aromatic nitrogens is 5. The van der Waals surface area contributed by atoms with Crippen molar-refractivity contribution in [1.82, 2.24) is 29.4 Å². The molecule has 1 unspecified atom stereocenters. The molecule has 0 fully saturated rings. The predicted octanol–water partition coefficient (Wildman–Crippen LogP) is 3.88. The van der Waals surface area contributed by atoms with Crippen LogP contribution in [0.2, 0.25) is 0 Å². The van der Waals surface area contributed by atoms with Gasteiger partial charge in [0.25, 0.3) is 0 Å². The Balaban J connectivity index is 1.58. The fourth-order valence-electron chi connectivity index (χ4n) is 4.32. The Morgan fingerprint density at radius 3 is 2.79 bits per heavy atom. The molecule has 1 aliphatic heterocycles. The third kappa shape index (κ3) is 2.81. The summed E-state index contributed by atoms with van der Waals surface area (Å²) in [6.07, 6.45) is 4.62. The molecule has 1 atom stereocenters. The summed E-state index contributed by atoms with van der Waals surface area (Å²) >= 11 is 0. The van der Waals surface area contributed by atoms with Gasteiger partial charge in [-0.2, -0.15) is 0 Å². The average molecular weight is 372 g/mol. The number of nitrogens with zero attached hydrogens (tertiary/aromatic N) is 5. The quantitative estimate of drug-likeness (QED) is 0.590. The van der Waals surface area contributed by atoms with Crippen molar-refractivity contribution in [1.29, 1.82) is 0 Å². The molecule has 4 heterocycles. The second kappa shape index (κ2) is 6.87. The van der Waals surface area contributed by atoms with Crippen LogP contribution in [0.25, 0.3) is 11.0 Å². The largest absolute Gasteiger partial charge is 0.348 e. The van der Waals surface area contributed by atoms with Crippen molar-refractivity contribution in [3.05, 3.63) is 77.9 Å². The maximum Gasteiger partial charge on any atom is 0.124 e. The number of imidazole rings is 2. The standard InChI is InChI=1S/C22H24N6/c1-15(2)28-19-9-4-3-7-16(19)26-20(28)13-27-12-10-17-21(25-14-24-17)22(27)18-8-5-6-11-23-18/h3-9,11,14-15,22H,10,12-13H2,1-2H3,(H,24,25). The van der Waals surface area contributed by atoms with Crippen LogP contribution in [0.1, 0.15) is 48.8 Å². The van der Waals surface area contributed by atoms with Gasteiger partial charge < -0.3 is 9.55 Å². The van der Waals surface area contributed by atoms with Gasteiger partial charge in [0.2, 0.25) is 0 Å². The van der Waals surface area contributed by atoms with Crippen LogP contribution in [0.5, 0.6) is 0 Å². The summed E-state index contributed by atoms with van der Waals surface area (Å²) in [5.74, 6) is 1.09. The number of fused-ring (bicyclic) bond motifs is 2. The van der Waals surface area contributed by atoms with Gasteiger partial charge in [-0.1, -0.05) is 18.2 Å². The summed E-state index contributed by atoms with van der Waals surface area (Å²) in [6.45, 7) is 6.14. The van der Waals surface area contributed by atoms with Gasteiger partial charge in [0.15, 0.2) is 0 Å². The van der Waals surface area contributed by atoms with Crippen LogP contribution >= 0.6 is 0 Å². The molecule has 0 amide bonds. The molecule has 6 heteroatoms. The highest BCUT2D eigenvalue weighted by atomic mass is 15.2. The molecule has 28 heavy (non-hydrogen) atoms. The van der Waals surface area contributed by atoms with Gasteiger partial charge >= 0.3 is 0 Å². The van der Waals surface area contributed by atoms with E-state index in [1.54, 1.807) is 6.33 Å². The highest BCUT2D eigenvalue weighted by molar-refractivity contribution is 5.76. The number of pyridine rings is 1. The SMILES string of the molecule is CC(C)n1c(CN2CCc3[nH]cnc3C2c2ccccn2)nc2ccccc21. The zero-order valence-corrected chi connectivity index (χ0v) is 16.2. The molecular weight excluding hydrogens is 348 g/mol. The van der Waals surface area contributed by atoms with Crippen molar-refractivity contribution in [3.63, 3.8) is 0 Å². The highest BCUT2D eigenvalue weighted by Crippen LogP contribution is 2.34. The minimum absolute atomic E-state index is 0.0385. The smallest absolute Gasteiger partial charge is 0.124 e. The lowest BCUT2D eigenvalue weighted by molar-refractivity contribution is 0.189. The molecular formula is C22H24N6. The third-order valence-electron chi connectivity index (χ3n) is 5.52. The molecule has 0 bridgehead atoms. The van der Waals surface area contributed by atoms with Crippen LogP contribution in [0.3, 0.4) is 0 Å². The Morgan fingerprint density at radius 1 is 1.11 bits per heavy atom. The van der Waals surface area contributed by atoms with E-state index in [0.717, 1.165) is 42.2 Å². The van der Waals surface area contributed by atoms with Crippen LogP contribution in [-0.2, 0) is 13.0 Å². The normalized spacial score (nSPS) is 17.3. The number of rotatable bonds is 4. The van der Waals surface area contributed by atoms with E-state index in [1.807, 2.05) is 18.3 Å². The van der Waals surface area contributed by atoms with Gasteiger partial charge in [-0.15, -0.1) is 0 Å². The minimum Gasteiger partial charge on any atom is -0.348 e. The summed E-state index contributed by atoms with van der Waals surface area (Å²) in [5.41, 5.74) is 5.57. The van der Waals surface area contributed by atoms with Crippen molar-refractivity contribution in [3.8, 4) is 0 Å². The summed E-state index contributed by atoms with van der Waals surface area (Å²) < 4.78 is 2.35. The first-order valence-electron chi connectivity index (χ1n) is 9.85. The molecule has 0 spiro atoms. The second-order valence-electron chi connectivity index (χ2n) is 7.62. The van der Waals surface area contributed by atoms with Gasteiger partial charge in [0.05, 0.1) is 41.3 Å². The van der Waals surface area contributed by atoms with E-state index < -0.39 is 0 Å². The van der Waals surface area contributed by atoms with Crippen LogP contribution < -0.4 is 0 Å². The Morgan fingerprint density at radius 2 is 1.96 bits per heavy atom.